The summed E-state index contributed by atoms with van der Waals surface area (Å²) in [5.41, 5.74) is 5.43. The number of nitrogens with zero attached hydrogens (tertiary/aromatic N) is 1. The first kappa shape index (κ1) is 8.83. The number of nitrogens with two attached hydrogens (primary N) is 1. The maximum Gasteiger partial charge on any atom is 0.180 e. The lowest BCUT2D eigenvalue weighted by Gasteiger charge is -1.93. The third kappa shape index (κ3) is 3.09. The molecule has 3 nitrogen and oxygen atoms in total. The maximum atomic E-state index is 8.49. The first-order valence-corrected chi connectivity index (χ1v) is 5.19. The Labute approximate surface area is 73.6 Å². The molecule has 3 N–H and O–H groups in total. The number of hydrogen-bond donors (Lipinski definition) is 2. The van der Waals surface area contributed by atoms with Crippen LogP contribution in [0, 0.1) is 0 Å². The number of aliphatic hydroxyl groups excluding tert-OH is 1. The zero-order chi connectivity index (χ0) is 8.10. The second kappa shape index (κ2) is 4.58. The fourth-order valence-electron chi connectivity index (χ4n) is 0.627. The SMILES string of the molecule is Nc1ncc(CSCCO)s1. The molecule has 1 aromatic heterocycles. The number of thioether (sulfide) groups is 1. The molecular formula is C6H10N2OS2. The van der Waals surface area contributed by atoms with Gasteiger partial charge in [0.15, 0.2) is 5.13 Å². The van der Waals surface area contributed by atoms with Crippen molar-refractivity contribution in [3.8, 4) is 0 Å². The molecule has 1 heterocycles. The lowest BCUT2D eigenvalue weighted by Crippen LogP contribution is -1.85. The van der Waals surface area contributed by atoms with Gasteiger partial charge in [0.1, 0.15) is 0 Å². The van der Waals surface area contributed by atoms with Gasteiger partial charge in [0.05, 0.1) is 6.61 Å². The summed E-state index contributed by atoms with van der Waals surface area (Å²) in [5, 5.41) is 9.11. The summed E-state index contributed by atoms with van der Waals surface area (Å²) in [6.07, 6.45) is 1.78. The van der Waals surface area contributed by atoms with Gasteiger partial charge in [-0.3, -0.25) is 0 Å². The highest BCUT2D eigenvalue weighted by Crippen LogP contribution is 2.19. The number of nitrogen functional groups attached to an aromatic ring is 1. The molecule has 0 aliphatic heterocycles. The molecule has 11 heavy (non-hydrogen) atoms. The summed E-state index contributed by atoms with van der Waals surface area (Å²) >= 11 is 3.19. The van der Waals surface area contributed by atoms with Crippen LogP contribution in [0.1, 0.15) is 4.88 Å². The summed E-state index contributed by atoms with van der Waals surface area (Å²) in [6, 6.07) is 0. The Kier molecular flexibility index (Phi) is 3.68. The van der Waals surface area contributed by atoms with Crippen molar-refractivity contribution in [3.63, 3.8) is 0 Å². The Bertz CT molecular complexity index is 214. The predicted molar refractivity (Wildman–Crippen MR) is 49.8 cm³/mol. The predicted octanol–water partition coefficient (Wildman–Crippen LogP) is 0.951. The van der Waals surface area contributed by atoms with Crippen LogP contribution in [0.5, 0.6) is 0 Å². The highest BCUT2D eigenvalue weighted by Gasteiger charge is 1.97. The molecule has 0 aliphatic rings. The van der Waals surface area contributed by atoms with Gasteiger partial charge in [-0.2, -0.15) is 11.8 Å². The van der Waals surface area contributed by atoms with E-state index in [0.717, 1.165) is 11.5 Å². The third-order valence-corrected chi connectivity index (χ3v) is 3.05. The topological polar surface area (TPSA) is 59.1 Å². The molecule has 0 fully saturated rings. The van der Waals surface area contributed by atoms with Crippen LogP contribution in [-0.4, -0.2) is 22.5 Å². The fraction of sp³-hybridized carbons (Fsp3) is 0.500. The lowest BCUT2D eigenvalue weighted by molar-refractivity contribution is 0.322. The normalized spacial score (nSPS) is 10.3. The van der Waals surface area contributed by atoms with Gasteiger partial charge in [-0.25, -0.2) is 4.98 Å². The average Bonchev–Trinajstić information content (AvgIpc) is 2.37. The van der Waals surface area contributed by atoms with E-state index in [1.807, 2.05) is 0 Å². The van der Waals surface area contributed by atoms with Gasteiger partial charge >= 0.3 is 0 Å². The molecule has 0 spiro atoms. The fourth-order valence-corrected chi connectivity index (χ4v) is 2.14. The maximum absolute atomic E-state index is 8.49. The molecule has 0 saturated heterocycles. The second-order valence-corrected chi connectivity index (χ2v) is 4.19. The number of anilines is 1. The van der Waals surface area contributed by atoms with Crippen molar-refractivity contribution in [1.29, 1.82) is 0 Å². The minimum absolute atomic E-state index is 0.235. The van der Waals surface area contributed by atoms with Gasteiger partial charge in [0, 0.05) is 22.6 Å². The Balaban J connectivity index is 2.27. The monoisotopic (exact) mass is 190 g/mol. The molecular weight excluding hydrogens is 180 g/mol. The van der Waals surface area contributed by atoms with E-state index in [0.29, 0.717) is 5.13 Å². The number of thiazole rings is 1. The second-order valence-electron chi connectivity index (χ2n) is 1.94. The third-order valence-electron chi connectivity index (χ3n) is 1.05. The van der Waals surface area contributed by atoms with Gasteiger partial charge in [-0.1, -0.05) is 0 Å². The molecule has 0 atom stereocenters. The smallest absolute Gasteiger partial charge is 0.180 e. The highest BCUT2D eigenvalue weighted by molar-refractivity contribution is 7.98. The van der Waals surface area contributed by atoms with Crippen molar-refractivity contribution >= 4 is 28.2 Å². The van der Waals surface area contributed by atoms with E-state index in [1.165, 1.54) is 16.2 Å². The van der Waals surface area contributed by atoms with E-state index in [9.17, 15) is 0 Å². The Morgan fingerprint density at radius 1 is 1.73 bits per heavy atom. The highest BCUT2D eigenvalue weighted by atomic mass is 32.2. The number of hydrogen-bond acceptors (Lipinski definition) is 5. The van der Waals surface area contributed by atoms with E-state index in [2.05, 4.69) is 4.98 Å². The van der Waals surface area contributed by atoms with Crippen molar-refractivity contribution in [2.24, 2.45) is 0 Å². The largest absolute Gasteiger partial charge is 0.396 e. The van der Waals surface area contributed by atoms with Gasteiger partial charge in [-0.15, -0.1) is 11.3 Å². The first-order valence-electron chi connectivity index (χ1n) is 3.21. The molecule has 0 amide bonds. The minimum Gasteiger partial charge on any atom is -0.396 e. The molecule has 0 aromatic carbocycles. The van der Waals surface area contributed by atoms with Crippen LogP contribution < -0.4 is 5.73 Å². The van der Waals surface area contributed by atoms with E-state index >= 15 is 0 Å². The van der Waals surface area contributed by atoms with Crippen molar-refractivity contribution < 1.29 is 5.11 Å². The average molecular weight is 190 g/mol. The number of aliphatic hydroxyl groups is 1. The number of rotatable bonds is 4. The molecule has 0 unspecified atom stereocenters. The minimum atomic E-state index is 0.235. The van der Waals surface area contributed by atoms with Crippen LogP contribution in [0.2, 0.25) is 0 Å². The molecule has 1 aromatic rings. The molecule has 0 saturated carbocycles. The Morgan fingerprint density at radius 3 is 3.09 bits per heavy atom. The zero-order valence-corrected chi connectivity index (χ0v) is 7.62. The van der Waals surface area contributed by atoms with Crippen LogP contribution in [0.3, 0.4) is 0 Å². The lowest BCUT2D eigenvalue weighted by atomic mass is 10.6. The summed E-state index contributed by atoms with van der Waals surface area (Å²) in [6.45, 7) is 0.235. The molecule has 0 bridgehead atoms. The number of aromatic nitrogens is 1. The van der Waals surface area contributed by atoms with E-state index < -0.39 is 0 Å². The summed E-state index contributed by atoms with van der Waals surface area (Å²) in [7, 11) is 0. The van der Waals surface area contributed by atoms with Crippen molar-refractivity contribution in [1.82, 2.24) is 4.98 Å². The summed E-state index contributed by atoms with van der Waals surface area (Å²) in [5.74, 6) is 1.67. The molecule has 1 rings (SSSR count). The standard InChI is InChI=1S/C6H10N2OS2/c7-6-8-3-5(11-6)4-10-2-1-9/h3,9H,1-2,4H2,(H2,7,8). The van der Waals surface area contributed by atoms with Crippen molar-refractivity contribution in [2.45, 2.75) is 5.75 Å². The molecule has 0 aliphatic carbocycles. The van der Waals surface area contributed by atoms with E-state index in [-0.39, 0.29) is 6.61 Å². The van der Waals surface area contributed by atoms with Crippen molar-refractivity contribution in [3.05, 3.63) is 11.1 Å². The van der Waals surface area contributed by atoms with Crippen LogP contribution in [0.4, 0.5) is 5.13 Å². The Morgan fingerprint density at radius 2 is 2.55 bits per heavy atom. The molecule has 0 radical (unpaired) electrons. The van der Waals surface area contributed by atoms with Crippen LogP contribution >= 0.6 is 23.1 Å². The van der Waals surface area contributed by atoms with Crippen LogP contribution in [0.25, 0.3) is 0 Å². The Hall–Kier alpha value is -0.260. The van der Waals surface area contributed by atoms with Crippen LogP contribution in [0.15, 0.2) is 6.20 Å². The molecule has 62 valence electrons. The quantitative estimate of drug-likeness (QED) is 0.694. The molecule has 5 heteroatoms. The zero-order valence-electron chi connectivity index (χ0n) is 5.99. The van der Waals surface area contributed by atoms with Gasteiger partial charge in [0.25, 0.3) is 0 Å². The van der Waals surface area contributed by atoms with E-state index in [1.54, 1.807) is 18.0 Å². The summed E-state index contributed by atoms with van der Waals surface area (Å²) < 4.78 is 0. The van der Waals surface area contributed by atoms with Gasteiger partial charge < -0.3 is 10.8 Å². The summed E-state index contributed by atoms with van der Waals surface area (Å²) in [4.78, 5) is 5.08. The van der Waals surface area contributed by atoms with Gasteiger partial charge in [-0.05, 0) is 0 Å². The van der Waals surface area contributed by atoms with Gasteiger partial charge in [0.2, 0.25) is 0 Å². The first-order chi connectivity index (χ1) is 5.33. The van der Waals surface area contributed by atoms with E-state index in [4.69, 9.17) is 10.8 Å². The van der Waals surface area contributed by atoms with Crippen molar-refractivity contribution in [2.75, 3.05) is 18.1 Å². The van der Waals surface area contributed by atoms with Crippen LogP contribution in [-0.2, 0) is 5.75 Å².